The van der Waals surface area contributed by atoms with E-state index in [0.29, 0.717) is 6.42 Å². The highest BCUT2D eigenvalue weighted by Crippen LogP contribution is 2.30. The number of carboxylic acids is 1. The van der Waals surface area contributed by atoms with Gasteiger partial charge in [0.05, 0.1) is 5.56 Å². The van der Waals surface area contributed by atoms with Crippen LogP contribution >= 0.6 is 11.3 Å². The van der Waals surface area contributed by atoms with Crippen LogP contribution in [-0.4, -0.2) is 34.5 Å². The van der Waals surface area contributed by atoms with E-state index in [1.54, 1.807) is 11.3 Å². The lowest BCUT2D eigenvalue weighted by Gasteiger charge is -2.35. The lowest BCUT2D eigenvalue weighted by atomic mass is 9.96. The lowest BCUT2D eigenvalue weighted by molar-refractivity contribution is -0.137. The van der Waals surface area contributed by atoms with E-state index in [4.69, 9.17) is 5.11 Å². The minimum atomic E-state index is -0.792. The average molecular weight is 331 g/mol. The van der Waals surface area contributed by atoms with Crippen molar-refractivity contribution in [3.8, 4) is 0 Å². The summed E-state index contributed by atoms with van der Waals surface area (Å²) in [7, 11) is 0. The minimum absolute atomic E-state index is 0.0488. The van der Waals surface area contributed by atoms with Crippen molar-refractivity contribution >= 4 is 33.3 Å². The second kappa shape index (κ2) is 6.71. The van der Waals surface area contributed by atoms with Crippen LogP contribution in [0, 0.1) is 6.92 Å². The second-order valence-electron chi connectivity index (χ2n) is 6.23. The fraction of sp³-hybridized carbons (Fsp3) is 0.444. The molecule has 23 heavy (non-hydrogen) atoms. The maximum atomic E-state index is 13.0. The van der Waals surface area contributed by atoms with Crippen molar-refractivity contribution in [2.75, 3.05) is 6.54 Å². The van der Waals surface area contributed by atoms with Gasteiger partial charge in [0.2, 0.25) is 0 Å². The first-order chi connectivity index (χ1) is 11.1. The number of fused-ring (bicyclic) bond motifs is 1. The number of hydrogen-bond acceptors (Lipinski definition) is 3. The van der Waals surface area contributed by atoms with Gasteiger partial charge in [0.15, 0.2) is 0 Å². The third kappa shape index (κ3) is 3.39. The van der Waals surface area contributed by atoms with Crippen molar-refractivity contribution in [3.63, 3.8) is 0 Å². The number of hydrogen-bond donors (Lipinski definition) is 1. The van der Waals surface area contributed by atoms with Crippen LogP contribution in [0.2, 0.25) is 0 Å². The summed E-state index contributed by atoms with van der Waals surface area (Å²) in [5.74, 6) is -0.741. The molecular weight excluding hydrogens is 310 g/mol. The van der Waals surface area contributed by atoms with E-state index in [1.807, 2.05) is 29.3 Å². The number of thiophene rings is 1. The number of carbonyl (C=O) groups is 2. The molecule has 1 saturated heterocycles. The summed E-state index contributed by atoms with van der Waals surface area (Å²) < 4.78 is 1.13. The Morgan fingerprint density at radius 1 is 1.35 bits per heavy atom. The Bertz CT molecular complexity index is 737. The normalized spacial score (nSPS) is 18.3. The number of piperidine rings is 1. The Labute approximate surface area is 139 Å². The first kappa shape index (κ1) is 16.0. The molecule has 0 bridgehead atoms. The van der Waals surface area contributed by atoms with Gasteiger partial charge < -0.3 is 10.0 Å². The molecule has 0 spiro atoms. The van der Waals surface area contributed by atoms with Crippen molar-refractivity contribution < 1.29 is 14.7 Å². The van der Waals surface area contributed by atoms with Gasteiger partial charge in [-0.15, -0.1) is 11.3 Å². The second-order valence-corrected chi connectivity index (χ2v) is 7.14. The third-order valence-electron chi connectivity index (χ3n) is 4.54. The summed E-state index contributed by atoms with van der Waals surface area (Å²) >= 11 is 1.60. The predicted octanol–water partition coefficient (Wildman–Crippen LogP) is 4.07. The first-order valence-electron chi connectivity index (χ1n) is 8.07. The van der Waals surface area contributed by atoms with Gasteiger partial charge in [0, 0.05) is 34.5 Å². The summed E-state index contributed by atoms with van der Waals surface area (Å²) in [5.41, 5.74) is 1.95. The number of nitrogens with zero attached hydrogens (tertiary/aromatic N) is 1. The summed E-state index contributed by atoms with van der Waals surface area (Å²) in [5, 5.41) is 11.9. The van der Waals surface area contributed by atoms with E-state index >= 15 is 0 Å². The van der Waals surface area contributed by atoms with Crippen molar-refractivity contribution in [2.24, 2.45) is 0 Å². The summed E-state index contributed by atoms with van der Waals surface area (Å²) in [6.07, 6.45) is 3.63. The highest BCUT2D eigenvalue weighted by Gasteiger charge is 2.29. The molecule has 2 heterocycles. The van der Waals surface area contributed by atoms with E-state index in [0.717, 1.165) is 41.5 Å². The van der Waals surface area contributed by atoms with Crippen LogP contribution in [0.4, 0.5) is 0 Å². The van der Waals surface area contributed by atoms with Crippen LogP contribution in [-0.2, 0) is 4.79 Å². The van der Waals surface area contributed by atoms with Crippen molar-refractivity contribution in [2.45, 2.75) is 45.1 Å². The number of aryl methyl sites for hydroxylation is 1. The van der Waals surface area contributed by atoms with Crippen LogP contribution in [0.15, 0.2) is 23.6 Å². The molecule has 1 unspecified atom stereocenters. The standard InChI is InChI=1S/C18H21NO3S/c1-12-5-7-14-15(11-23-16(14)10-12)18(22)19-9-3-2-4-13(19)6-8-17(20)21/h5,7,10-11,13H,2-4,6,8-9H2,1H3,(H,20,21). The Morgan fingerprint density at radius 2 is 2.17 bits per heavy atom. The molecule has 1 aromatic heterocycles. The number of likely N-dealkylation sites (tertiary alicyclic amines) is 1. The molecule has 122 valence electrons. The molecule has 1 aliphatic heterocycles. The first-order valence-corrected chi connectivity index (χ1v) is 8.95. The van der Waals surface area contributed by atoms with Crippen LogP contribution in [0.3, 0.4) is 0 Å². The monoisotopic (exact) mass is 331 g/mol. The lowest BCUT2D eigenvalue weighted by Crippen LogP contribution is -2.43. The summed E-state index contributed by atoms with van der Waals surface area (Å²) in [4.78, 5) is 25.7. The molecule has 1 aliphatic rings. The molecule has 5 heteroatoms. The molecule has 2 aromatic rings. The molecule has 1 aromatic carbocycles. The van der Waals surface area contributed by atoms with Gasteiger partial charge in [0.25, 0.3) is 5.91 Å². The number of rotatable bonds is 4. The van der Waals surface area contributed by atoms with Gasteiger partial charge in [-0.3, -0.25) is 9.59 Å². The zero-order chi connectivity index (χ0) is 16.4. The van der Waals surface area contributed by atoms with E-state index < -0.39 is 5.97 Å². The molecule has 0 radical (unpaired) electrons. The maximum Gasteiger partial charge on any atom is 0.303 e. The minimum Gasteiger partial charge on any atom is -0.481 e. The smallest absolute Gasteiger partial charge is 0.303 e. The van der Waals surface area contributed by atoms with Gasteiger partial charge in [-0.1, -0.05) is 12.1 Å². The highest BCUT2D eigenvalue weighted by molar-refractivity contribution is 7.17. The highest BCUT2D eigenvalue weighted by atomic mass is 32.1. The molecule has 1 amide bonds. The number of aliphatic carboxylic acids is 1. The Kier molecular flexibility index (Phi) is 4.66. The molecule has 4 nitrogen and oxygen atoms in total. The van der Waals surface area contributed by atoms with E-state index in [9.17, 15) is 9.59 Å². The molecular formula is C18H21NO3S. The zero-order valence-electron chi connectivity index (χ0n) is 13.2. The van der Waals surface area contributed by atoms with Gasteiger partial charge in [-0.05, 0) is 44.2 Å². The topological polar surface area (TPSA) is 57.6 Å². The van der Waals surface area contributed by atoms with Gasteiger partial charge in [0.1, 0.15) is 0 Å². The van der Waals surface area contributed by atoms with Gasteiger partial charge in [-0.2, -0.15) is 0 Å². The Morgan fingerprint density at radius 3 is 2.96 bits per heavy atom. The molecule has 3 rings (SSSR count). The quantitative estimate of drug-likeness (QED) is 0.919. The maximum absolute atomic E-state index is 13.0. The van der Waals surface area contributed by atoms with Crippen molar-refractivity contribution in [1.82, 2.24) is 4.90 Å². The molecule has 0 saturated carbocycles. The van der Waals surface area contributed by atoms with Gasteiger partial charge in [-0.25, -0.2) is 0 Å². The van der Waals surface area contributed by atoms with Crippen LogP contribution < -0.4 is 0 Å². The van der Waals surface area contributed by atoms with E-state index in [2.05, 4.69) is 6.07 Å². The van der Waals surface area contributed by atoms with E-state index in [-0.39, 0.29) is 18.4 Å². The van der Waals surface area contributed by atoms with Crippen LogP contribution in [0.25, 0.3) is 10.1 Å². The Balaban J connectivity index is 1.85. The largest absolute Gasteiger partial charge is 0.481 e. The predicted molar refractivity (Wildman–Crippen MR) is 92.1 cm³/mol. The number of carboxylic acid groups (broad SMARTS) is 1. The van der Waals surface area contributed by atoms with Gasteiger partial charge >= 0.3 is 5.97 Å². The number of benzene rings is 1. The summed E-state index contributed by atoms with van der Waals surface area (Å²) in [6, 6.07) is 6.21. The van der Waals surface area contributed by atoms with Crippen LogP contribution in [0.5, 0.6) is 0 Å². The van der Waals surface area contributed by atoms with Crippen molar-refractivity contribution in [1.29, 1.82) is 0 Å². The fourth-order valence-electron chi connectivity index (χ4n) is 3.31. The van der Waals surface area contributed by atoms with E-state index in [1.165, 1.54) is 5.56 Å². The fourth-order valence-corrected chi connectivity index (χ4v) is 4.35. The number of amides is 1. The third-order valence-corrected chi connectivity index (χ3v) is 5.49. The molecule has 0 aliphatic carbocycles. The van der Waals surface area contributed by atoms with Crippen LogP contribution in [0.1, 0.15) is 48.0 Å². The number of carbonyl (C=O) groups excluding carboxylic acids is 1. The summed E-state index contributed by atoms with van der Waals surface area (Å²) in [6.45, 7) is 2.78. The molecule has 1 fully saturated rings. The van der Waals surface area contributed by atoms with Crippen molar-refractivity contribution in [3.05, 3.63) is 34.7 Å². The SMILES string of the molecule is Cc1ccc2c(C(=O)N3CCCCC3CCC(=O)O)csc2c1. The molecule has 1 atom stereocenters. The Hall–Kier alpha value is -1.88. The molecule has 1 N–H and O–H groups in total. The zero-order valence-corrected chi connectivity index (χ0v) is 14.1. The average Bonchev–Trinajstić information content (AvgIpc) is 2.95.